The summed E-state index contributed by atoms with van der Waals surface area (Å²) in [7, 11) is 1.20. The molecule has 0 aliphatic heterocycles. The van der Waals surface area contributed by atoms with Gasteiger partial charge in [-0.15, -0.1) is 0 Å². The van der Waals surface area contributed by atoms with E-state index in [0.717, 1.165) is 6.07 Å². The molecule has 0 spiro atoms. The van der Waals surface area contributed by atoms with Crippen molar-refractivity contribution in [1.82, 2.24) is 0 Å². The van der Waals surface area contributed by atoms with E-state index >= 15 is 0 Å². The number of methoxy groups -OCH3 is 1. The molecule has 1 N–H and O–H groups in total. The fourth-order valence-electron chi connectivity index (χ4n) is 1.85. The second-order valence-electron chi connectivity index (χ2n) is 4.19. The van der Waals surface area contributed by atoms with Gasteiger partial charge < -0.3 is 9.84 Å². The SMILES string of the molecule is COC(=O)c1ccc(-c2ccc(Cl)c(C(=O)O)c2)c(F)c1. The van der Waals surface area contributed by atoms with Gasteiger partial charge in [0.2, 0.25) is 0 Å². The standard InChI is InChI=1S/C15H10ClFO4/c1-21-15(20)9-2-4-10(13(17)7-9)8-3-5-12(16)11(6-8)14(18)19/h2-7H,1H3,(H,18,19). The molecule has 0 unspecified atom stereocenters. The van der Waals surface area contributed by atoms with Crippen molar-refractivity contribution in [3.05, 3.63) is 58.4 Å². The molecule has 0 aliphatic carbocycles. The molecule has 2 rings (SSSR count). The number of hydrogen-bond acceptors (Lipinski definition) is 3. The molecule has 0 heterocycles. The van der Waals surface area contributed by atoms with Crippen molar-refractivity contribution in [3.63, 3.8) is 0 Å². The van der Waals surface area contributed by atoms with E-state index in [1.54, 1.807) is 0 Å². The van der Waals surface area contributed by atoms with Crippen molar-refractivity contribution in [2.45, 2.75) is 0 Å². The van der Waals surface area contributed by atoms with Gasteiger partial charge in [-0.3, -0.25) is 0 Å². The maximum absolute atomic E-state index is 14.1. The Morgan fingerprint density at radius 1 is 1.19 bits per heavy atom. The van der Waals surface area contributed by atoms with E-state index in [0.29, 0.717) is 5.56 Å². The Balaban J connectivity index is 2.50. The molecule has 0 fully saturated rings. The number of esters is 1. The van der Waals surface area contributed by atoms with E-state index in [9.17, 15) is 14.0 Å². The lowest BCUT2D eigenvalue weighted by Crippen LogP contribution is -2.02. The van der Waals surface area contributed by atoms with Crippen LogP contribution >= 0.6 is 11.6 Å². The second-order valence-corrected chi connectivity index (χ2v) is 4.59. The third kappa shape index (κ3) is 3.03. The van der Waals surface area contributed by atoms with Crippen LogP contribution in [0.1, 0.15) is 20.7 Å². The first-order valence-corrected chi connectivity index (χ1v) is 6.23. The highest BCUT2D eigenvalue weighted by atomic mass is 35.5. The number of carbonyl (C=O) groups excluding carboxylic acids is 1. The first-order valence-electron chi connectivity index (χ1n) is 5.85. The average molecular weight is 309 g/mol. The number of ether oxygens (including phenoxy) is 1. The average Bonchev–Trinajstić information content (AvgIpc) is 2.46. The van der Waals surface area contributed by atoms with Crippen molar-refractivity contribution >= 4 is 23.5 Å². The van der Waals surface area contributed by atoms with Gasteiger partial charge in [0.05, 0.1) is 23.3 Å². The van der Waals surface area contributed by atoms with Gasteiger partial charge in [0, 0.05) is 5.56 Å². The predicted molar refractivity (Wildman–Crippen MR) is 75.1 cm³/mol. The molecule has 0 bridgehead atoms. The monoisotopic (exact) mass is 308 g/mol. The van der Waals surface area contributed by atoms with Crippen LogP contribution in [0.2, 0.25) is 5.02 Å². The van der Waals surface area contributed by atoms with Crippen LogP contribution in [0.25, 0.3) is 11.1 Å². The van der Waals surface area contributed by atoms with Gasteiger partial charge in [0.1, 0.15) is 5.82 Å². The van der Waals surface area contributed by atoms with E-state index in [4.69, 9.17) is 16.7 Å². The third-order valence-corrected chi connectivity index (χ3v) is 3.23. The van der Waals surface area contributed by atoms with Crippen LogP contribution in [0, 0.1) is 5.82 Å². The molecule has 0 aliphatic rings. The first kappa shape index (κ1) is 15.0. The summed E-state index contributed by atoms with van der Waals surface area (Å²) in [6.45, 7) is 0. The van der Waals surface area contributed by atoms with Crippen molar-refractivity contribution in [2.24, 2.45) is 0 Å². The van der Waals surface area contributed by atoms with E-state index in [1.807, 2.05) is 0 Å². The summed E-state index contributed by atoms with van der Waals surface area (Å²) >= 11 is 5.77. The van der Waals surface area contributed by atoms with Gasteiger partial charge in [-0.1, -0.05) is 23.7 Å². The van der Waals surface area contributed by atoms with Crippen molar-refractivity contribution in [1.29, 1.82) is 0 Å². The van der Waals surface area contributed by atoms with Gasteiger partial charge in [-0.05, 0) is 29.8 Å². The maximum atomic E-state index is 14.1. The van der Waals surface area contributed by atoms with Gasteiger partial charge in [0.25, 0.3) is 0 Å². The molecule has 0 aromatic heterocycles. The minimum absolute atomic E-state index is 0.0674. The normalized spacial score (nSPS) is 10.2. The lowest BCUT2D eigenvalue weighted by Gasteiger charge is -2.07. The Hall–Kier alpha value is -2.40. The van der Waals surface area contributed by atoms with Gasteiger partial charge >= 0.3 is 11.9 Å². The Bertz CT molecular complexity index is 728. The van der Waals surface area contributed by atoms with Crippen LogP contribution in [-0.2, 0) is 4.74 Å². The van der Waals surface area contributed by atoms with Crippen LogP contribution in [-0.4, -0.2) is 24.2 Å². The summed E-state index contributed by atoms with van der Waals surface area (Å²) < 4.78 is 18.6. The molecule has 0 saturated heterocycles. The smallest absolute Gasteiger partial charge is 0.337 e. The maximum Gasteiger partial charge on any atom is 0.337 e. The van der Waals surface area contributed by atoms with Crippen LogP contribution in [0.3, 0.4) is 0 Å². The topological polar surface area (TPSA) is 63.6 Å². The number of carbonyl (C=O) groups is 2. The molecule has 2 aromatic carbocycles. The summed E-state index contributed by atoms with van der Waals surface area (Å²) in [5.41, 5.74) is 0.476. The Kier molecular flexibility index (Phi) is 4.23. The highest BCUT2D eigenvalue weighted by molar-refractivity contribution is 6.33. The minimum atomic E-state index is -1.20. The summed E-state index contributed by atoms with van der Waals surface area (Å²) in [4.78, 5) is 22.4. The number of halogens is 2. The number of benzene rings is 2. The van der Waals surface area contributed by atoms with Crippen LogP contribution in [0.15, 0.2) is 36.4 Å². The predicted octanol–water partition coefficient (Wildman–Crippen LogP) is 3.63. The van der Waals surface area contributed by atoms with Crippen molar-refractivity contribution < 1.29 is 23.8 Å². The first-order chi connectivity index (χ1) is 9.93. The number of aromatic carboxylic acids is 1. The van der Waals surface area contributed by atoms with Crippen LogP contribution < -0.4 is 0 Å². The Morgan fingerprint density at radius 3 is 2.48 bits per heavy atom. The van der Waals surface area contributed by atoms with E-state index in [-0.39, 0.29) is 21.7 Å². The Labute approximate surface area is 124 Å². The molecule has 4 nitrogen and oxygen atoms in total. The molecule has 2 aromatic rings. The summed E-state index contributed by atoms with van der Waals surface area (Å²) in [5, 5.41) is 9.08. The van der Waals surface area contributed by atoms with E-state index in [1.165, 1.54) is 37.4 Å². The van der Waals surface area contributed by atoms with E-state index in [2.05, 4.69) is 4.74 Å². The molecule has 0 saturated carbocycles. The largest absolute Gasteiger partial charge is 0.478 e. The fourth-order valence-corrected chi connectivity index (χ4v) is 2.05. The van der Waals surface area contributed by atoms with Crippen LogP contribution in [0.5, 0.6) is 0 Å². The number of carboxylic acid groups (broad SMARTS) is 1. The number of hydrogen-bond donors (Lipinski definition) is 1. The third-order valence-electron chi connectivity index (χ3n) is 2.90. The Morgan fingerprint density at radius 2 is 1.90 bits per heavy atom. The lowest BCUT2D eigenvalue weighted by atomic mass is 10.0. The zero-order valence-corrected chi connectivity index (χ0v) is 11.6. The van der Waals surface area contributed by atoms with Crippen LogP contribution in [0.4, 0.5) is 4.39 Å². The molecule has 0 amide bonds. The van der Waals surface area contributed by atoms with Gasteiger partial charge in [-0.2, -0.15) is 0 Å². The molecule has 6 heteroatoms. The van der Waals surface area contributed by atoms with Gasteiger partial charge in [0.15, 0.2) is 0 Å². The van der Waals surface area contributed by atoms with Crippen molar-refractivity contribution in [3.8, 4) is 11.1 Å². The number of rotatable bonds is 3. The van der Waals surface area contributed by atoms with E-state index < -0.39 is 17.8 Å². The zero-order valence-electron chi connectivity index (χ0n) is 10.9. The fraction of sp³-hybridized carbons (Fsp3) is 0.0667. The minimum Gasteiger partial charge on any atom is -0.478 e. The van der Waals surface area contributed by atoms with Crippen molar-refractivity contribution in [2.75, 3.05) is 7.11 Å². The molecule has 0 radical (unpaired) electrons. The molecular formula is C15H10ClFO4. The molecule has 0 atom stereocenters. The molecular weight excluding hydrogens is 299 g/mol. The molecule has 21 heavy (non-hydrogen) atoms. The second kappa shape index (κ2) is 5.93. The molecule has 108 valence electrons. The van der Waals surface area contributed by atoms with Gasteiger partial charge in [-0.25, -0.2) is 14.0 Å². The highest BCUT2D eigenvalue weighted by Gasteiger charge is 2.14. The highest BCUT2D eigenvalue weighted by Crippen LogP contribution is 2.28. The lowest BCUT2D eigenvalue weighted by molar-refractivity contribution is 0.0599. The summed E-state index contributed by atoms with van der Waals surface area (Å²) in [5.74, 6) is -2.51. The zero-order chi connectivity index (χ0) is 15.6. The summed E-state index contributed by atoms with van der Waals surface area (Å²) in [6.07, 6.45) is 0. The summed E-state index contributed by atoms with van der Waals surface area (Å²) in [6, 6.07) is 7.99. The number of carboxylic acids is 1. The quantitative estimate of drug-likeness (QED) is 0.879.